The van der Waals surface area contributed by atoms with Crippen LogP contribution in [-0.4, -0.2) is 4.98 Å². The molecular formula is C11H7ClN2. The number of alkyl halides is 1. The van der Waals surface area contributed by atoms with Crippen molar-refractivity contribution in [3.63, 3.8) is 0 Å². The number of aromatic nitrogens is 1. The summed E-state index contributed by atoms with van der Waals surface area (Å²) in [5.41, 5.74) is 1.73. The monoisotopic (exact) mass is 202 g/mol. The first-order valence-electron chi connectivity index (χ1n) is 4.19. The van der Waals surface area contributed by atoms with E-state index in [1.165, 1.54) is 0 Å². The van der Waals surface area contributed by atoms with E-state index in [0.29, 0.717) is 0 Å². The first-order valence-corrected chi connectivity index (χ1v) is 4.63. The number of halogens is 1. The van der Waals surface area contributed by atoms with Gasteiger partial charge in [-0.1, -0.05) is 12.1 Å². The van der Waals surface area contributed by atoms with Crippen molar-refractivity contribution in [2.75, 3.05) is 0 Å². The Hall–Kier alpha value is -1.59. The van der Waals surface area contributed by atoms with Gasteiger partial charge in [0, 0.05) is 11.6 Å². The molecule has 0 saturated carbocycles. The van der Waals surface area contributed by atoms with E-state index in [0.717, 1.165) is 16.5 Å². The van der Waals surface area contributed by atoms with Gasteiger partial charge < -0.3 is 0 Å². The second-order valence-electron chi connectivity index (χ2n) is 2.95. The zero-order valence-corrected chi connectivity index (χ0v) is 8.07. The number of nitrogens with zero attached hydrogens (tertiary/aromatic N) is 2. The Bertz CT molecular complexity index is 502. The molecule has 3 heteroatoms. The molecule has 14 heavy (non-hydrogen) atoms. The van der Waals surface area contributed by atoms with Gasteiger partial charge >= 0.3 is 0 Å². The molecule has 1 unspecified atom stereocenters. The summed E-state index contributed by atoms with van der Waals surface area (Å²) in [5.74, 6) is 0. The SMILES string of the molecule is N#CC(Cl)c1ccc2ncccc2c1. The van der Waals surface area contributed by atoms with Crippen LogP contribution < -0.4 is 0 Å². The third-order valence-electron chi connectivity index (χ3n) is 2.03. The Morgan fingerprint density at radius 3 is 3.00 bits per heavy atom. The minimum Gasteiger partial charge on any atom is -0.256 e. The van der Waals surface area contributed by atoms with Crippen molar-refractivity contribution in [2.45, 2.75) is 5.38 Å². The van der Waals surface area contributed by atoms with E-state index in [9.17, 15) is 0 Å². The average Bonchev–Trinajstić information content (AvgIpc) is 2.27. The highest BCUT2D eigenvalue weighted by Crippen LogP contribution is 2.22. The molecule has 0 N–H and O–H groups in total. The minimum absolute atomic E-state index is 0.584. The molecule has 0 fully saturated rings. The molecule has 2 aromatic rings. The van der Waals surface area contributed by atoms with Crippen LogP contribution in [0.1, 0.15) is 10.9 Å². The second-order valence-corrected chi connectivity index (χ2v) is 3.38. The standard InChI is InChI=1S/C11H7ClN2/c12-10(7-13)8-3-4-11-9(6-8)2-1-5-14-11/h1-6,10H. The number of hydrogen-bond donors (Lipinski definition) is 0. The molecule has 0 spiro atoms. The summed E-state index contributed by atoms with van der Waals surface area (Å²) in [6.07, 6.45) is 1.74. The zero-order valence-electron chi connectivity index (χ0n) is 7.31. The van der Waals surface area contributed by atoms with Gasteiger partial charge in [-0.25, -0.2) is 0 Å². The van der Waals surface area contributed by atoms with Gasteiger partial charge in [-0.2, -0.15) is 5.26 Å². The number of benzene rings is 1. The smallest absolute Gasteiger partial charge is 0.145 e. The molecule has 0 aliphatic rings. The summed E-state index contributed by atoms with van der Waals surface area (Å²) >= 11 is 5.81. The van der Waals surface area contributed by atoms with Crippen LogP contribution in [0, 0.1) is 11.3 Å². The number of hydrogen-bond acceptors (Lipinski definition) is 2. The highest BCUT2D eigenvalue weighted by molar-refractivity contribution is 6.22. The molecule has 0 saturated heterocycles. The molecule has 0 bridgehead atoms. The molecule has 0 radical (unpaired) electrons. The van der Waals surface area contributed by atoms with Crippen molar-refractivity contribution in [1.29, 1.82) is 5.26 Å². The highest BCUT2D eigenvalue weighted by Gasteiger charge is 2.06. The topological polar surface area (TPSA) is 36.7 Å². The summed E-state index contributed by atoms with van der Waals surface area (Å²) in [6.45, 7) is 0. The molecule has 2 nitrogen and oxygen atoms in total. The third kappa shape index (κ3) is 1.55. The summed E-state index contributed by atoms with van der Waals surface area (Å²) in [5, 5.41) is 9.08. The molecule has 1 heterocycles. The Balaban J connectivity index is 2.58. The van der Waals surface area contributed by atoms with Crippen molar-refractivity contribution < 1.29 is 0 Å². The minimum atomic E-state index is -0.584. The van der Waals surface area contributed by atoms with Crippen molar-refractivity contribution in [3.05, 3.63) is 42.1 Å². The normalized spacial score (nSPS) is 12.3. The van der Waals surface area contributed by atoms with Gasteiger partial charge in [0.1, 0.15) is 5.38 Å². The molecule has 0 amide bonds. The van der Waals surface area contributed by atoms with E-state index >= 15 is 0 Å². The number of pyridine rings is 1. The van der Waals surface area contributed by atoms with Gasteiger partial charge in [0.2, 0.25) is 0 Å². The van der Waals surface area contributed by atoms with Crippen LogP contribution in [0.4, 0.5) is 0 Å². The van der Waals surface area contributed by atoms with Crippen LogP contribution in [0.2, 0.25) is 0 Å². The fourth-order valence-electron chi connectivity index (χ4n) is 1.33. The Morgan fingerprint density at radius 2 is 2.21 bits per heavy atom. The molecule has 2 rings (SSSR count). The van der Waals surface area contributed by atoms with Crippen LogP contribution in [0.15, 0.2) is 36.5 Å². The van der Waals surface area contributed by atoms with Gasteiger partial charge in [-0.15, -0.1) is 11.6 Å². The van der Waals surface area contributed by atoms with Gasteiger partial charge in [0.05, 0.1) is 11.6 Å². The highest BCUT2D eigenvalue weighted by atomic mass is 35.5. The molecule has 1 aromatic heterocycles. The number of fused-ring (bicyclic) bond motifs is 1. The van der Waals surface area contributed by atoms with E-state index in [4.69, 9.17) is 16.9 Å². The van der Waals surface area contributed by atoms with E-state index in [1.54, 1.807) is 6.20 Å². The van der Waals surface area contributed by atoms with Gasteiger partial charge in [0.25, 0.3) is 0 Å². The summed E-state index contributed by atoms with van der Waals surface area (Å²) in [6, 6.07) is 11.4. The lowest BCUT2D eigenvalue weighted by Crippen LogP contribution is -1.86. The van der Waals surface area contributed by atoms with E-state index < -0.39 is 5.38 Å². The van der Waals surface area contributed by atoms with Crippen LogP contribution >= 0.6 is 11.6 Å². The molecule has 1 aromatic carbocycles. The Morgan fingerprint density at radius 1 is 1.36 bits per heavy atom. The zero-order chi connectivity index (χ0) is 9.97. The van der Waals surface area contributed by atoms with Crippen molar-refractivity contribution in [1.82, 2.24) is 4.98 Å². The van der Waals surface area contributed by atoms with Gasteiger partial charge in [-0.3, -0.25) is 4.98 Å². The molecule has 0 aliphatic heterocycles. The lowest BCUT2D eigenvalue weighted by molar-refractivity contribution is 1.22. The first kappa shape index (κ1) is 8.98. The summed E-state index contributed by atoms with van der Waals surface area (Å²) in [7, 11) is 0. The molecule has 68 valence electrons. The molecule has 1 atom stereocenters. The molecular weight excluding hydrogens is 196 g/mol. The van der Waals surface area contributed by atoms with Crippen LogP contribution in [-0.2, 0) is 0 Å². The maximum atomic E-state index is 8.66. The van der Waals surface area contributed by atoms with Crippen LogP contribution in [0.25, 0.3) is 10.9 Å². The van der Waals surface area contributed by atoms with Crippen LogP contribution in [0.3, 0.4) is 0 Å². The average molecular weight is 203 g/mol. The lowest BCUT2D eigenvalue weighted by Gasteiger charge is -2.02. The Kier molecular flexibility index (Phi) is 2.34. The fourth-order valence-corrected chi connectivity index (χ4v) is 1.46. The fraction of sp³-hybridized carbons (Fsp3) is 0.0909. The first-order chi connectivity index (χ1) is 6.81. The van der Waals surface area contributed by atoms with E-state index in [-0.39, 0.29) is 0 Å². The molecule has 0 aliphatic carbocycles. The lowest BCUT2D eigenvalue weighted by atomic mass is 10.1. The van der Waals surface area contributed by atoms with Crippen molar-refractivity contribution >= 4 is 22.5 Å². The maximum absolute atomic E-state index is 8.66. The second kappa shape index (κ2) is 3.65. The Labute approximate surface area is 86.8 Å². The summed E-state index contributed by atoms with van der Waals surface area (Å²) in [4.78, 5) is 4.18. The van der Waals surface area contributed by atoms with E-state index in [1.807, 2.05) is 36.4 Å². The van der Waals surface area contributed by atoms with Gasteiger partial charge in [-0.05, 0) is 23.8 Å². The maximum Gasteiger partial charge on any atom is 0.145 e. The summed E-state index contributed by atoms with van der Waals surface area (Å²) < 4.78 is 0. The van der Waals surface area contributed by atoms with Crippen molar-refractivity contribution in [3.8, 4) is 6.07 Å². The van der Waals surface area contributed by atoms with Gasteiger partial charge in [0.15, 0.2) is 0 Å². The van der Waals surface area contributed by atoms with E-state index in [2.05, 4.69) is 4.98 Å². The quantitative estimate of drug-likeness (QED) is 0.667. The van der Waals surface area contributed by atoms with Crippen LogP contribution in [0.5, 0.6) is 0 Å². The largest absolute Gasteiger partial charge is 0.256 e. The van der Waals surface area contributed by atoms with Crippen molar-refractivity contribution in [2.24, 2.45) is 0 Å². The third-order valence-corrected chi connectivity index (χ3v) is 2.38. The predicted octanol–water partition coefficient (Wildman–Crippen LogP) is 3.04. The number of nitriles is 1. The predicted molar refractivity (Wildman–Crippen MR) is 56.0 cm³/mol. The number of rotatable bonds is 1.